The highest BCUT2D eigenvalue weighted by molar-refractivity contribution is 5.66. The largest absolute Gasteiger partial charge is 0.481 e. The van der Waals surface area contributed by atoms with Gasteiger partial charge in [0.2, 0.25) is 0 Å². The highest BCUT2D eigenvalue weighted by atomic mass is 19.1. The van der Waals surface area contributed by atoms with Crippen molar-refractivity contribution in [3.05, 3.63) is 35.6 Å². The molecule has 0 spiro atoms. The minimum absolute atomic E-state index is 0.0653. The van der Waals surface area contributed by atoms with E-state index in [4.69, 9.17) is 9.84 Å². The summed E-state index contributed by atoms with van der Waals surface area (Å²) in [5, 5.41) is 8.55. The molecule has 0 amide bonds. The molecule has 1 aromatic carbocycles. The summed E-state index contributed by atoms with van der Waals surface area (Å²) in [6.07, 6.45) is 2.07. The van der Waals surface area contributed by atoms with Gasteiger partial charge in [0, 0.05) is 19.6 Å². The van der Waals surface area contributed by atoms with Crippen molar-refractivity contribution in [2.75, 3.05) is 19.7 Å². The van der Waals surface area contributed by atoms with Gasteiger partial charge < -0.3 is 9.84 Å². The van der Waals surface area contributed by atoms with Crippen LogP contribution in [0.1, 0.15) is 24.8 Å². The molecule has 1 aliphatic rings. The second-order valence-electron chi connectivity index (χ2n) is 5.12. The second kappa shape index (κ2) is 7.36. The number of rotatable bonds is 6. The summed E-state index contributed by atoms with van der Waals surface area (Å²) in [7, 11) is 0. The number of carboxylic acids is 1. The van der Waals surface area contributed by atoms with E-state index in [1.54, 1.807) is 0 Å². The van der Waals surface area contributed by atoms with Crippen LogP contribution >= 0.6 is 0 Å². The fraction of sp³-hybridized carbons (Fsp3) is 0.533. The number of nitrogens with zero attached hydrogens (tertiary/aromatic N) is 1. The third-order valence-corrected chi connectivity index (χ3v) is 3.52. The van der Waals surface area contributed by atoms with Gasteiger partial charge >= 0.3 is 5.97 Å². The SMILES string of the molecule is O=C(O)CCOC1CCN(Cc2ccc(F)cc2)CC1. The molecule has 1 saturated heterocycles. The fourth-order valence-electron chi connectivity index (χ4n) is 2.39. The first-order valence-electron chi connectivity index (χ1n) is 6.93. The Labute approximate surface area is 118 Å². The van der Waals surface area contributed by atoms with Crippen LogP contribution in [-0.4, -0.2) is 41.8 Å². The Morgan fingerprint density at radius 1 is 1.30 bits per heavy atom. The number of hydrogen-bond donors (Lipinski definition) is 1. The van der Waals surface area contributed by atoms with E-state index < -0.39 is 5.97 Å². The first-order valence-corrected chi connectivity index (χ1v) is 6.93. The highest BCUT2D eigenvalue weighted by Crippen LogP contribution is 2.16. The molecule has 0 unspecified atom stereocenters. The highest BCUT2D eigenvalue weighted by Gasteiger charge is 2.19. The lowest BCUT2D eigenvalue weighted by Gasteiger charge is -2.31. The van der Waals surface area contributed by atoms with Crippen molar-refractivity contribution in [2.45, 2.75) is 31.9 Å². The maximum atomic E-state index is 12.8. The second-order valence-corrected chi connectivity index (χ2v) is 5.12. The first kappa shape index (κ1) is 14.9. The number of halogens is 1. The number of piperidine rings is 1. The lowest BCUT2D eigenvalue weighted by molar-refractivity contribution is -0.138. The number of ether oxygens (including phenoxy) is 1. The lowest BCUT2D eigenvalue weighted by Crippen LogP contribution is -2.36. The predicted octanol–water partition coefficient (Wildman–Crippen LogP) is 2.28. The van der Waals surface area contributed by atoms with E-state index in [-0.39, 0.29) is 24.9 Å². The summed E-state index contributed by atoms with van der Waals surface area (Å²) < 4.78 is 18.4. The van der Waals surface area contributed by atoms with Crippen LogP contribution in [0.5, 0.6) is 0 Å². The Kier molecular flexibility index (Phi) is 5.49. The van der Waals surface area contributed by atoms with E-state index in [9.17, 15) is 9.18 Å². The Morgan fingerprint density at radius 2 is 1.95 bits per heavy atom. The van der Waals surface area contributed by atoms with Gasteiger partial charge in [0.15, 0.2) is 0 Å². The van der Waals surface area contributed by atoms with Crippen molar-refractivity contribution in [2.24, 2.45) is 0 Å². The van der Waals surface area contributed by atoms with Crippen LogP contribution in [0.15, 0.2) is 24.3 Å². The molecule has 0 radical (unpaired) electrons. The normalized spacial score (nSPS) is 17.2. The van der Waals surface area contributed by atoms with Crippen molar-refractivity contribution in [1.29, 1.82) is 0 Å². The zero-order valence-corrected chi connectivity index (χ0v) is 11.4. The molecule has 110 valence electrons. The lowest BCUT2D eigenvalue weighted by atomic mass is 10.1. The van der Waals surface area contributed by atoms with E-state index in [0.717, 1.165) is 38.0 Å². The van der Waals surface area contributed by atoms with Crippen LogP contribution in [0.4, 0.5) is 4.39 Å². The van der Waals surface area contributed by atoms with E-state index in [1.807, 2.05) is 12.1 Å². The minimum Gasteiger partial charge on any atom is -0.481 e. The third kappa shape index (κ3) is 4.90. The summed E-state index contributed by atoms with van der Waals surface area (Å²) >= 11 is 0. The molecule has 0 aromatic heterocycles. The van der Waals surface area contributed by atoms with E-state index in [2.05, 4.69) is 4.90 Å². The Morgan fingerprint density at radius 3 is 2.55 bits per heavy atom. The van der Waals surface area contributed by atoms with Crippen molar-refractivity contribution in [3.8, 4) is 0 Å². The summed E-state index contributed by atoms with van der Waals surface area (Å²) in [6, 6.07) is 6.59. The maximum absolute atomic E-state index is 12.8. The fourth-order valence-corrected chi connectivity index (χ4v) is 2.39. The van der Waals surface area contributed by atoms with Gasteiger partial charge in [0.1, 0.15) is 5.82 Å². The van der Waals surface area contributed by atoms with Crippen molar-refractivity contribution < 1.29 is 19.0 Å². The predicted molar refractivity (Wildman–Crippen MR) is 72.9 cm³/mol. The van der Waals surface area contributed by atoms with Crippen LogP contribution < -0.4 is 0 Å². The quantitative estimate of drug-likeness (QED) is 0.869. The van der Waals surface area contributed by atoms with Crippen molar-refractivity contribution >= 4 is 5.97 Å². The first-order chi connectivity index (χ1) is 9.63. The van der Waals surface area contributed by atoms with Crippen LogP contribution in [0.3, 0.4) is 0 Å². The van der Waals surface area contributed by atoms with Gasteiger partial charge in [-0.15, -0.1) is 0 Å². The van der Waals surface area contributed by atoms with Gasteiger partial charge in [0.25, 0.3) is 0 Å². The summed E-state index contributed by atoms with van der Waals surface area (Å²) in [5.41, 5.74) is 1.11. The number of aliphatic carboxylic acids is 1. The molecule has 0 bridgehead atoms. The molecule has 20 heavy (non-hydrogen) atoms. The zero-order chi connectivity index (χ0) is 14.4. The molecule has 1 aromatic rings. The molecule has 4 nitrogen and oxygen atoms in total. The Bertz CT molecular complexity index is 427. The van der Waals surface area contributed by atoms with Crippen LogP contribution in [0.25, 0.3) is 0 Å². The third-order valence-electron chi connectivity index (χ3n) is 3.52. The molecule has 1 aliphatic heterocycles. The molecular weight excluding hydrogens is 261 g/mol. The molecule has 2 rings (SSSR count). The summed E-state index contributed by atoms with van der Waals surface area (Å²) in [5.74, 6) is -1.03. The van der Waals surface area contributed by atoms with Crippen LogP contribution in [0, 0.1) is 5.82 Å². The monoisotopic (exact) mass is 281 g/mol. The molecule has 0 saturated carbocycles. The molecule has 0 atom stereocenters. The van der Waals surface area contributed by atoms with Gasteiger partial charge in [-0.25, -0.2) is 4.39 Å². The van der Waals surface area contributed by atoms with Gasteiger partial charge in [-0.05, 0) is 30.5 Å². The molecular formula is C15H20FNO3. The van der Waals surface area contributed by atoms with E-state index in [1.165, 1.54) is 12.1 Å². The Hall–Kier alpha value is -1.46. The van der Waals surface area contributed by atoms with Gasteiger partial charge in [0.05, 0.1) is 19.1 Å². The minimum atomic E-state index is -0.821. The number of carboxylic acid groups (broad SMARTS) is 1. The molecule has 0 aliphatic carbocycles. The van der Waals surface area contributed by atoms with Crippen molar-refractivity contribution in [3.63, 3.8) is 0 Å². The topological polar surface area (TPSA) is 49.8 Å². The molecule has 1 heterocycles. The molecule has 1 N–H and O–H groups in total. The summed E-state index contributed by atoms with van der Waals surface area (Å²) in [4.78, 5) is 12.7. The van der Waals surface area contributed by atoms with E-state index in [0.29, 0.717) is 0 Å². The summed E-state index contributed by atoms with van der Waals surface area (Å²) in [6.45, 7) is 2.96. The number of carbonyl (C=O) groups is 1. The average molecular weight is 281 g/mol. The van der Waals surface area contributed by atoms with Crippen LogP contribution in [-0.2, 0) is 16.1 Å². The molecule has 5 heteroatoms. The van der Waals surface area contributed by atoms with Gasteiger partial charge in [-0.1, -0.05) is 12.1 Å². The maximum Gasteiger partial charge on any atom is 0.305 e. The van der Waals surface area contributed by atoms with Gasteiger partial charge in [-0.3, -0.25) is 9.69 Å². The number of hydrogen-bond acceptors (Lipinski definition) is 3. The molecule has 1 fully saturated rings. The van der Waals surface area contributed by atoms with Gasteiger partial charge in [-0.2, -0.15) is 0 Å². The zero-order valence-electron chi connectivity index (χ0n) is 11.4. The number of likely N-dealkylation sites (tertiary alicyclic amines) is 1. The average Bonchev–Trinajstić information content (AvgIpc) is 2.43. The standard InChI is InChI=1S/C15H20FNO3/c16-13-3-1-12(2-4-13)11-17-8-5-14(6-9-17)20-10-7-15(18)19/h1-4,14H,5-11H2,(H,18,19). The Balaban J connectivity index is 1.68. The van der Waals surface area contributed by atoms with Crippen LogP contribution in [0.2, 0.25) is 0 Å². The number of benzene rings is 1. The van der Waals surface area contributed by atoms with E-state index >= 15 is 0 Å². The van der Waals surface area contributed by atoms with Crippen molar-refractivity contribution in [1.82, 2.24) is 4.90 Å². The smallest absolute Gasteiger partial charge is 0.305 e.